The van der Waals surface area contributed by atoms with Gasteiger partial charge in [-0.2, -0.15) is 5.10 Å². The molecular weight excluding hydrogens is 234 g/mol. The molecule has 6 heteroatoms. The fourth-order valence-corrected chi connectivity index (χ4v) is 2.22. The Morgan fingerprint density at radius 1 is 1.44 bits per heavy atom. The predicted molar refractivity (Wildman–Crippen MR) is 65.4 cm³/mol. The van der Waals surface area contributed by atoms with Gasteiger partial charge in [0, 0.05) is 5.92 Å². The molecule has 18 heavy (non-hydrogen) atoms. The first-order chi connectivity index (χ1) is 8.29. The third-order valence-corrected chi connectivity index (χ3v) is 3.04. The van der Waals surface area contributed by atoms with E-state index in [2.05, 4.69) is 10.2 Å². The zero-order chi connectivity index (χ0) is 13.5. The van der Waals surface area contributed by atoms with E-state index in [0.29, 0.717) is 12.2 Å². The zero-order valence-electron chi connectivity index (χ0n) is 11.2. The van der Waals surface area contributed by atoms with Crippen LogP contribution in [0.4, 0.5) is 0 Å². The van der Waals surface area contributed by atoms with Crippen LogP contribution in [0.15, 0.2) is 4.79 Å². The largest absolute Gasteiger partial charge is 0.458 e. The van der Waals surface area contributed by atoms with Gasteiger partial charge in [-0.1, -0.05) is 6.92 Å². The number of hydrogen-bond acceptors (Lipinski definition) is 4. The van der Waals surface area contributed by atoms with Crippen LogP contribution in [0.5, 0.6) is 0 Å². The van der Waals surface area contributed by atoms with Crippen molar-refractivity contribution in [3.8, 4) is 0 Å². The third-order valence-electron chi connectivity index (χ3n) is 3.04. The summed E-state index contributed by atoms with van der Waals surface area (Å²) in [5.41, 5.74) is -0.888. The molecule has 1 aromatic heterocycles. The molecule has 0 radical (unpaired) electrons. The van der Waals surface area contributed by atoms with Crippen LogP contribution in [-0.2, 0) is 9.53 Å². The van der Waals surface area contributed by atoms with Gasteiger partial charge in [-0.05, 0) is 33.6 Å². The van der Waals surface area contributed by atoms with Gasteiger partial charge in [-0.15, -0.1) is 0 Å². The average Bonchev–Trinajstić information content (AvgIpc) is 2.60. The van der Waals surface area contributed by atoms with Gasteiger partial charge in [0.15, 0.2) is 0 Å². The summed E-state index contributed by atoms with van der Waals surface area (Å²) in [4.78, 5) is 23.8. The number of carbonyl (C=O) groups is 1. The molecule has 0 aromatic carbocycles. The van der Waals surface area contributed by atoms with E-state index < -0.39 is 11.6 Å². The Labute approximate surface area is 105 Å². The van der Waals surface area contributed by atoms with Gasteiger partial charge in [-0.25, -0.2) is 14.7 Å². The molecule has 1 N–H and O–H groups in total. The van der Waals surface area contributed by atoms with E-state index in [-0.39, 0.29) is 17.6 Å². The fourth-order valence-electron chi connectivity index (χ4n) is 2.22. The van der Waals surface area contributed by atoms with Gasteiger partial charge in [-0.3, -0.25) is 4.57 Å². The number of nitrogens with one attached hydrogen (secondary N) is 1. The van der Waals surface area contributed by atoms with E-state index in [4.69, 9.17) is 4.74 Å². The van der Waals surface area contributed by atoms with Gasteiger partial charge < -0.3 is 4.74 Å². The monoisotopic (exact) mass is 253 g/mol. The van der Waals surface area contributed by atoms with E-state index in [0.717, 1.165) is 6.42 Å². The number of rotatable bonds is 1. The number of carbonyl (C=O) groups excluding carboxylic acids is 1. The summed E-state index contributed by atoms with van der Waals surface area (Å²) in [7, 11) is 0. The zero-order valence-corrected chi connectivity index (χ0v) is 11.2. The summed E-state index contributed by atoms with van der Waals surface area (Å²) >= 11 is 0. The summed E-state index contributed by atoms with van der Waals surface area (Å²) in [5, 5.41) is 6.39. The highest BCUT2D eigenvalue weighted by molar-refractivity contribution is 5.75. The molecule has 0 aliphatic carbocycles. The van der Waals surface area contributed by atoms with E-state index in [1.807, 2.05) is 27.7 Å². The number of fused-ring (bicyclic) bond motifs is 1. The van der Waals surface area contributed by atoms with Crippen molar-refractivity contribution in [2.45, 2.75) is 58.1 Å². The summed E-state index contributed by atoms with van der Waals surface area (Å²) < 4.78 is 6.79. The van der Waals surface area contributed by atoms with Crippen LogP contribution in [0.3, 0.4) is 0 Å². The van der Waals surface area contributed by atoms with Crippen LogP contribution in [0.1, 0.15) is 58.3 Å². The maximum absolute atomic E-state index is 12.1. The Balaban J connectivity index is 2.31. The molecule has 0 spiro atoms. The van der Waals surface area contributed by atoms with Crippen molar-refractivity contribution in [1.82, 2.24) is 14.8 Å². The smallest absolute Gasteiger partial charge is 0.344 e. The molecule has 0 saturated heterocycles. The molecule has 0 amide bonds. The van der Waals surface area contributed by atoms with E-state index in [9.17, 15) is 9.59 Å². The number of ether oxygens (including phenoxy) is 1. The van der Waals surface area contributed by atoms with Crippen molar-refractivity contribution in [3.05, 3.63) is 16.3 Å². The number of H-pyrrole nitrogens is 1. The number of aromatic amines is 1. The highest BCUT2D eigenvalue weighted by Crippen LogP contribution is 2.31. The second-order valence-corrected chi connectivity index (χ2v) is 5.78. The Morgan fingerprint density at radius 3 is 2.72 bits per heavy atom. The van der Waals surface area contributed by atoms with Crippen LogP contribution in [0.2, 0.25) is 0 Å². The number of hydrogen-bond donors (Lipinski definition) is 1. The lowest BCUT2D eigenvalue weighted by Crippen LogP contribution is -2.37. The third kappa shape index (κ3) is 2.32. The number of esters is 1. The standard InChI is InChI=1S/C12H19N3O3/c1-7-5-6-8(10(16)18-12(2,3)4)15-9(7)13-14-11(15)17/h7-8H,5-6H2,1-4H3,(H,14,17)/t7-,8-/m1/s1. The molecular formula is C12H19N3O3. The number of aromatic nitrogens is 3. The summed E-state index contributed by atoms with van der Waals surface area (Å²) in [6.45, 7) is 7.44. The second-order valence-electron chi connectivity index (χ2n) is 5.78. The van der Waals surface area contributed by atoms with Gasteiger partial charge in [0.2, 0.25) is 0 Å². The minimum atomic E-state index is -0.554. The lowest BCUT2D eigenvalue weighted by atomic mass is 9.96. The first kappa shape index (κ1) is 12.9. The molecule has 0 saturated carbocycles. The maximum Gasteiger partial charge on any atom is 0.344 e. The van der Waals surface area contributed by atoms with Crippen molar-refractivity contribution >= 4 is 5.97 Å². The molecule has 0 fully saturated rings. The topological polar surface area (TPSA) is 77.0 Å². The Morgan fingerprint density at radius 2 is 2.11 bits per heavy atom. The summed E-state index contributed by atoms with van der Waals surface area (Å²) in [5.74, 6) is 0.462. The molecule has 1 aromatic rings. The maximum atomic E-state index is 12.1. The Hall–Kier alpha value is -1.59. The van der Waals surface area contributed by atoms with Crippen LogP contribution in [0.25, 0.3) is 0 Å². The molecule has 1 aliphatic rings. The van der Waals surface area contributed by atoms with Crippen molar-refractivity contribution in [2.24, 2.45) is 0 Å². The van der Waals surface area contributed by atoms with Crippen molar-refractivity contribution in [2.75, 3.05) is 0 Å². The lowest BCUT2D eigenvalue weighted by Gasteiger charge is -2.29. The quantitative estimate of drug-likeness (QED) is 0.766. The van der Waals surface area contributed by atoms with Crippen molar-refractivity contribution in [3.63, 3.8) is 0 Å². The lowest BCUT2D eigenvalue weighted by molar-refractivity contribution is -0.159. The van der Waals surface area contributed by atoms with Crippen LogP contribution in [-0.4, -0.2) is 26.3 Å². The SMILES string of the molecule is C[C@@H]1CC[C@H](C(=O)OC(C)(C)C)n2c1n[nH]c2=O. The van der Waals surface area contributed by atoms with E-state index in [1.165, 1.54) is 4.57 Å². The average molecular weight is 253 g/mol. The fraction of sp³-hybridized carbons (Fsp3) is 0.750. The normalized spacial score (nSPS) is 23.6. The van der Waals surface area contributed by atoms with E-state index >= 15 is 0 Å². The molecule has 6 nitrogen and oxygen atoms in total. The molecule has 0 bridgehead atoms. The molecule has 2 atom stereocenters. The van der Waals surface area contributed by atoms with Crippen LogP contribution in [0, 0.1) is 0 Å². The van der Waals surface area contributed by atoms with Crippen molar-refractivity contribution in [1.29, 1.82) is 0 Å². The summed E-state index contributed by atoms with van der Waals surface area (Å²) in [6.07, 6.45) is 1.44. The minimum Gasteiger partial charge on any atom is -0.458 e. The molecule has 2 rings (SSSR count). The molecule has 2 heterocycles. The second kappa shape index (κ2) is 4.26. The molecule has 0 unspecified atom stereocenters. The first-order valence-corrected chi connectivity index (χ1v) is 6.19. The molecule has 100 valence electrons. The Bertz CT molecular complexity index is 509. The highest BCUT2D eigenvalue weighted by atomic mass is 16.6. The molecule has 1 aliphatic heterocycles. The highest BCUT2D eigenvalue weighted by Gasteiger charge is 2.35. The van der Waals surface area contributed by atoms with Gasteiger partial charge in [0.05, 0.1) is 0 Å². The number of nitrogens with zero attached hydrogens (tertiary/aromatic N) is 2. The first-order valence-electron chi connectivity index (χ1n) is 6.19. The Kier molecular flexibility index (Phi) is 3.04. The summed E-state index contributed by atoms with van der Waals surface area (Å²) in [6, 6.07) is -0.554. The minimum absolute atomic E-state index is 0.183. The van der Waals surface area contributed by atoms with E-state index in [1.54, 1.807) is 0 Å². The predicted octanol–water partition coefficient (Wildman–Crippen LogP) is 1.35. The van der Waals surface area contributed by atoms with Gasteiger partial charge in [0.1, 0.15) is 17.5 Å². The van der Waals surface area contributed by atoms with Gasteiger partial charge in [0.25, 0.3) is 0 Å². The van der Waals surface area contributed by atoms with Crippen LogP contribution < -0.4 is 5.69 Å². The van der Waals surface area contributed by atoms with Crippen LogP contribution >= 0.6 is 0 Å². The van der Waals surface area contributed by atoms with Gasteiger partial charge >= 0.3 is 11.7 Å². The van der Waals surface area contributed by atoms with Crippen molar-refractivity contribution < 1.29 is 9.53 Å².